The maximum atomic E-state index is 9.23. The molecule has 1 heterocycles. The number of hydrogen-bond acceptors (Lipinski definition) is 2. The average molecular weight is 224 g/mol. The standard InChI is InChI=1S/C14H12N2O/c17-11-7-5-10(6-8-11)9-14-12-3-1-2-4-13(12)15-16-14/h1-8,17H,9H2,(H,15,16). The molecule has 3 rings (SSSR count). The van der Waals surface area contributed by atoms with Gasteiger partial charge in [0.05, 0.1) is 11.2 Å². The summed E-state index contributed by atoms with van der Waals surface area (Å²) in [5, 5.41) is 17.7. The minimum absolute atomic E-state index is 0.292. The van der Waals surface area contributed by atoms with Crippen molar-refractivity contribution in [1.82, 2.24) is 10.2 Å². The molecule has 3 nitrogen and oxygen atoms in total. The molecule has 0 aliphatic carbocycles. The molecule has 0 amide bonds. The molecular weight excluding hydrogens is 212 g/mol. The van der Waals surface area contributed by atoms with Crippen molar-refractivity contribution in [1.29, 1.82) is 0 Å². The third-order valence-electron chi connectivity index (χ3n) is 2.86. The Morgan fingerprint density at radius 3 is 2.59 bits per heavy atom. The lowest BCUT2D eigenvalue weighted by Crippen LogP contribution is -1.88. The predicted molar refractivity (Wildman–Crippen MR) is 67.0 cm³/mol. The first-order chi connectivity index (χ1) is 8.33. The number of aromatic amines is 1. The lowest BCUT2D eigenvalue weighted by molar-refractivity contribution is 0.475. The van der Waals surface area contributed by atoms with Crippen molar-refractivity contribution in [3.8, 4) is 5.75 Å². The summed E-state index contributed by atoms with van der Waals surface area (Å²) in [5.41, 5.74) is 3.23. The fraction of sp³-hybridized carbons (Fsp3) is 0.0714. The van der Waals surface area contributed by atoms with E-state index in [2.05, 4.69) is 16.3 Å². The Bertz CT molecular complexity index is 641. The van der Waals surface area contributed by atoms with Crippen LogP contribution in [0.5, 0.6) is 5.75 Å². The zero-order chi connectivity index (χ0) is 11.7. The van der Waals surface area contributed by atoms with Crippen LogP contribution in [0.25, 0.3) is 10.9 Å². The number of rotatable bonds is 2. The van der Waals surface area contributed by atoms with Crippen molar-refractivity contribution in [2.45, 2.75) is 6.42 Å². The number of aromatic hydroxyl groups is 1. The van der Waals surface area contributed by atoms with Gasteiger partial charge in [-0.05, 0) is 23.8 Å². The molecule has 0 unspecified atom stereocenters. The Hall–Kier alpha value is -2.29. The number of benzene rings is 2. The highest BCUT2D eigenvalue weighted by molar-refractivity contribution is 5.81. The molecule has 0 aliphatic heterocycles. The molecular formula is C14H12N2O. The third-order valence-corrected chi connectivity index (χ3v) is 2.86. The molecule has 3 heteroatoms. The van der Waals surface area contributed by atoms with Gasteiger partial charge in [-0.2, -0.15) is 5.10 Å². The highest BCUT2D eigenvalue weighted by Gasteiger charge is 2.05. The minimum Gasteiger partial charge on any atom is -0.508 e. The summed E-state index contributed by atoms with van der Waals surface area (Å²) in [4.78, 5) is 0. The van der Waals surface area contributed by atoms with Crippen LogP contribution in [-0.4, -0.2) is 15.3 Å². The van der Waals surface area contributed by atoms with Crippen molar-refractivity contribution >= 4 is 10.9 Å². The monoisotopic (exact) mass is 224 g/mol. The molecule has 0 bridgehead atoms. The van der Waals surface area contributed by atoms with Gasteiger partial charge >= 0.3 is 0 Å². The molecule has 2 N–H and O–H groups in total. The summed E-state index contributed by atoms with van der Waals surface area (Å²) < 4.78 is 0. The van der Waals surface area contributed by atoms with Gasteiger partial charge in [0.25, 0.3) is 0 Å². The number of nitrogens with zero attached hydrogens (tertiary/aromatic N) is 1. The van der Waals surface area contributed by atoms with E-state index in [4.69, 9.17) is 0 Å². The number of para-hydroxylation sites is 1. The van der Waals surface area contributed by atoms with Gasteiger partial charge in [0.2, 0.25) is 0 Å². The second-order valence-electron chi connectivity index (χ2n) is 4.06. The van der Waals surface area contributed by atoms with Crippen molar-refractivity contribution in [2.75, 3.05) is 0 Å². The molecule has 84 valence electrons. The molecule has 3 aromatic rings. The summed E-state index contributed by atoms with van der Waals surface area (Å²) >= 11 is 0. The predicted octanol–water partition coefficient (Wildman–Crippen LogP) is 2.86. The second-order valence-corrected chi connectivity index (χ2v) is 4.06. The van der Waals surface area contributed by atoms with Crippen LogP contribution in [0, 0.1) is 0 Å². The Morgan fingerprint density at radius 1 is 1.00 bits per heavy atom. The van der Waals surface area contributed by atoms with E-state index in [9.17, 15) is 5.11 Å². The van der Waals surface area contributed by atoms with E-state index in [0.29, 0.717) is 5.75 Å². The third kappa shape index (κ3) is 1.87. The quantitative estimate of drug-likeness (QED) is 0.703. The summed E-state index contributed by atoms with van der Waals surface area (Å²) in [6.45, 7) is 0. The lowest BCUT2D eigenvalue weighted by Gasteiger charge is -1.99. The molecule has 0 atom stereocenters. The highest BCUT2D eigenvalue weighted by Crippen LogP contribution is 2.19. The highest BCUT2D eigenvalue weighted by atomic mass is 16.3. The molecule has 0 saturated heterocycles. The number of phenolic OH excluding ortho intramolecular Hbond substituents is 1. The molecule has 0 saturated carbocycles. The first-order valence-electron chi connectivity index (χ1n) is 5.53. The van der Waals surface area contributed by atoms with E-state index in [1.165, 1.54) is 0 Å². The molecule has 0 radical (unpaired) electrons. The topological polar surface area (TPSA) is 48.9 Å². The van der Waals surface area contributed by atoms with Crippen LogP contribution in [0.2, 0.25) is 0 Å². The van der Waals surface area contributed by atoms with E-state index < -0.39 is 0 Å². The van der Waals surface area contributed by atoms with Crippen LogP contribution in [0.4, 0.5) is 0 Å². The van der Waals surface area contributed by atoms with Crippen molar-refractivity contribution in [2.24, 2.45) is 0 Å². The van der Waals surface area contributed by atoms with E-state index in [0.717, 1.165) is 28.6 Å². The van der Waals surface area contributed by atoms with Crippen LogP contribution in [0.1, 0.15) is 11.3 Å². The molecule has 17 heavy (non-hydrogen) atoms. The van der Waals surface area contributed by atoms with Gasteiger partial charge < -0.3 is 5.11 Å². The first kappa shape index (κ1) is 9.90. The van der Waals surface area contributed by atoms with E-state index >= 15 is 0 Å². The van der Waals surface area contributed by atoms with Crippen molar-refractivity contribution in [3.05, 3.63) is 59.8 Å². The van der Waals surface area contributed by atoms with Gasteiger partial charge in [-0.15, -0.1) is 0 Å². The zero-order valence-electron chi connectivity index (χ0n) is 9.22. The maximum absolute atomic E-state index is 9.23. The van der Waals surface area contributed by atoms with Gasteiger partial charge in [0.15, 0.2) is 0 Å². The number of nitrogens with one attached hydrogen (secondary N) is 1. The maximum Gasteiger partial charge on any atom is 0.115 e. The van der Waals surface area contributed by atoms with Gasteiger partial charge in [-0.1, -0.05) is 30.3 Å². The molecule has 0 spiro atoms. The first-order valence-corrected chi connectivity index (χ1v) is 5.53. The smallest absolute Gasteiger partial charge is 0.115 e. The molecule has 0 fully saturated rings. The summed E-state index contributed by atoms with van der Waals surface area (Å²) in [7, 11) is 0. The van der Waals surface area contributed by atoms with E-state index in [1.807, 2.05) is 30.3 Å². The number of phenols is 1. The van der Waals surface area contributed by atoms with Crippen LogP contribution >= 0.6 is 0 Å². The van der Waals surface area contributed by atoms with Crippen molar-refractivity contribution < 1.29 is 5.11 Å². The van der Waals surface area contributed by atoms with Crippen LogP contribution in [-0.2, 0) is 6.42 Å². The van der Waals surface area contributed by atoms with Crippen LogP contribution < -0.4 is 0 Å². The van der Waals surface area contributed by atoms with Gasteiger partial charge in [0, 0.05) is 11.8 Å². The van der Waals surface area contributed by atoms with Crippen LogP contribution in [0.3, 0.4) is 0 Å². The minimum atomic E-state index is 0.292. The number of H-pyrrole nitrogens is 1. The van der Waals surface area contributed by atoms with Gasteiger partial charge in [-0.3, -0.25) is 5.10 Å². The van der Waals surface area contributed by atoms with E-state index in [1.54, 1.807) is 12.1 Å². The number of fused-ring (bicyclic) bond motifs is 1. The fourth-order valence-electron chi connectivity index (χ4n) is 1.96. The fourth-order valence-corrected chi connectivity index (χ4v) is 1.96. The Kier molecular flexibility index (Phi) is 2.29. The Labute approximate surface area is 98.7 Å². The number of hydrogen-bond donors (Lipinski definition) is 2. The SMILES string of the molecule is Oc1ccc(Cc2n[nH]c3ccccc23)cc1. The molecule has 1 aromatic heterocycles. The summed E-state index contributed by atoms with van der Waals surface area (Å²) in [6, 6.07) is 15.3. The van der Waals surface area contributed by atoms with Crippen LogP contribution in [0.15, 0.2) is 48.5 Å². The zero-order valence-corrected chi connectivity index (χ0v) is 9.22. The Morgan fingerprint density at radius 2 is 1.76 bits per heavy atom. The lowest BCUT2D eigenvalue weighted by atomic mass is 10.1. The average Bonchev–Trinajstić information content (AvgIpc) is 2.76. The van der Waals surface area contributed by atoms with Gasteiger partial charge in [-0.25, -0.2) is 0 Å². The van der Waals surface area contributed by atoms with Gasteiger partial charge in [0.1, 0.15) is 5.75 Å². The van der Waals surface area contributed by atoms with E-state index in [-0.39, 0.29) is 0 Å². The normalized spacial score (nSPS) is 10.8. The number of aromatic nitrogens is 2. The largest absolute Gasteiger partial charge is 0.508 e. The van der Waals surface area contributed by atoms with Crippen molar-refractivity contribution in [3.63, 3.8) is 0 Å². The second kappa shape index (κ2) is 3.94. The summed E-state index contributed by atoms with van der Waals surface area (Å²) in [5.74, 6) is 0.292. The molecule has 2 aromatic carbocycles. The molecule has 0 aliphatic rings. The summed E-state index contributed by atoms with van der Waals surface area (Å²) in [6.07, 6.45) is 0.768. The Balaban J connectivity index is 1.97.